The molecule has 0 radical (unpaired) electrons. The highest BCUT2D eigenvalue weighted by atomic mass is 16.5. The van der Waals surface area contributed by atoms with Crippen molar-refractivity contribution in [3.05, 3.63) is 0 Å². The van der Waals surface area contributed by atoms with Gasteiger partial charge in [0.25, 0.3) is 0 Å². The second kappa shape index (κ2) is 2.21. The second-order valence-electron chi connectivity index (χ2n) is 3.60. The Kier molecular flexibility index (Phi) is 1.46. The van der Waals surface area contributed by atoms with Crippen LogP contribution in [0.1, 0.15) is 26.2 Å². The summed E-state index contributed by atoms with van der Waals surface area (Å²) in [6.07, 6.45) is 4.32. The SMILES string of the molecule is C[C@H]1CNCC2(CCC2)O1. The number of ether oxygens (including phenoxy) is 1. The van der Waals surface area contributed by atoms with Crippen molar-refractivity contribution in [2.75, 3.05) is 13.1 Å². The second-order valence-corrected chi connectivity index (χ2v) is 3.60. The van der Waals surface area contributed by atoms with Crippen LogP contribution in [0, 0.1) is 0 Å². The smallest absolute Gasteiger partial charge is 0.0810 e. The molecule has 1 atom stereocenters. The molecule has 10 heavy (non-hydrogen) atoms. The van der Waals surface area contributed by atoms with Gasteiger partial charge in [-0.15, -0.1) is 0 Å². The van der Waals surface area contributed by atoms with Gasteiger partial charge in [0, 0.05) is 13.1 Å². The maximum Gasteiger partial charge on any atom is 0.0810 e. The van der Waals surface area contributed by atoms with Crippen molar-refractivity contribution < 1.29 is 4.74 Å². The normalized spacial score (nSPS) is 37.5. The van der Waals surface area contributed by atoms with E-state index >= 15 is 0 Å². The first-order valence-electron chi connectivity index (χ1n) is 4.19. The minimum absolute atomic E-state index is 0.262. The Morgan fingerprint density at radius 3 is 2.70 bits per heavy atom. The lowest BCUT2D eigenvalue weighted by atomic mass is 9.79. The van der Waals surface area contributed by atoms with Crippen LogP contribution in [0.3, 0.4) is 0 Å². The molecule has 0 aromatic carbocycles. The average molecular weight is 141 g/mol. The molecule has 0 amide bonds. The zero-order valence-electron chi connectivity index (χ0n) is 6.52. The van der Waals surface area contributed by atoms with Crippen LogP contribution in [-0.2, 0) is 4.74 Å². The molecule has 2 nitrogen and oxygen atoms in total. The minimum atomic E-state index is 0.262. The number of nitrogens with one attached hydrogen (secondary N) is 1. The third-order valence-electron chi connectivity index (χ3n) is 2.59. The summed E-state index contributed by atoms with van der Waals surface area (Å²) < 4.78 is 5.85. The van der Waals surface area contributed by atoms with E-state index in [1.54, 1.807) is 0 Å². The Labute approximate surface area is 61.9 Å². The highest BCUT2D eigenvalue weighted by Crippen LogP contribution is 2.37. The summed E-state index contributed by atoms with van der Waals surface area (Å²) in [4.78, 5) is 0. The molecule has 1 spiro atoms. The van der Waals surface area contributed by atoms with Gasteiger partial charge >= 0.3 is 0 Å². The van der Waals surface area contributed by atoms with E-state index in [1.165, 1.54) is 19.3 Å². The van der Waals surface area contributed by atoms with Crippen LogP contribution in [0.5, 0.6) is 0 Å². The first-order valence-corrected chi connectivity index (χ1v) is 4.19. The highest BCUT2D eigenvalue weighted by Gasteiger charge is 2.41. The Hall–Kier alpha value is -0.0800. The van der Waals surface area contributed by atoms with Gasteiger partial charge in [-0.1, -0.05) is 0 Å². The summed E-state index contributed by atoms with van der Waals surface area (Å²) in [7, 11) is 0. The van der Waals surface area contributed by atoms with E-state index in [1.807, 2.05) is 0 Å². The largest absolute Gasteiger partial charge is 0.369 e. The molecule has 2 aliphatic rings. The molecule has 1 saturated carbocycles. The Bertz CT molecular complexity index is 131. The van der Waals surface area contributed by atoms with E-state index in [-0.39, 0.29) is 5.60 Å². The molecule has 0 unspecified atom stereocenters. The fraction of sp³-hybridized carbons (Fsp3) is 1.00. The maximum absolute atomic E-state index is 5.85. The molecule has 2 rings (SSSR count). The third kappa shape index (κ3) is 0.956. The van der Waals surface area contributed by atoms with Gasteiger partial charge in [-0.3, -0.25) is 0 Å². The maximum atomic E-state index is 5.85. The van der Waals surface area contributed by atoms with Gasteiger partial charge in [0.1, 0.15) is 0 Å². The highest BCUT2D eigenvalue weighted by molar-refractivity contribution is 4.95. The summed E-state index contributed by atoms with van der Waals surface area (Å²) in [6, 6.07) is 0. The molecule has 2 fully saturated rings. The van der Waals surface area contributed by atoms with Gasteiger partial charge in [0.2, 0.25) is 0 Å². The first-order chi connectivity index (χ1) is 4.81. The summed E-state index contributed by atoms with van der Waals surface area (Å²) in [6.45, 7) is 4.26. The van der Waals surface area contributed by atoms with Crippen LogP contribution in [0.15, 0.2) is 0 Å². The van der Waals surface area contributed by atoms with Crippen LogP contribution in [0.2, 0.25) is 0 Å². The van der Waals surface area contributed by atoms with Crippen molar-refractivity contribution in [3.8, 4) is 0 Å². The quantitative estimate of drug-likeness (QED) is 0.541. The van der Waals surface area contributed by atoms with E-state index in [0.29, 0.717) is 6.10 Å². The van der Waals surface area contributed by atoms with E-state index in [2.05, 4.69) is 12.2 Å². The summed E-state index contributed by atoms with van der Waals surface area (Å²) in [5, 5.41) is 3.40. The fourth-order valence-electron chi connectivity index (χ4n) is 1.88. The topological polar surface area (TPSA) is 21.3 Å². The number of hydrogen-bond donors (Lipinski definition) is 1. The lowest BCUT2D eigenvalue weighted by Gasteiger charge is -2.47. The monoisotopic (exact) mass is 141 g/mol. The predicted octanol–water partition coefficient (Wildman–Crippen LogP) is 0.917. The fourth-order valence-corrected chi connectivity index (χ4v) is 1.88. The molecule has 1 aliphatic carbocycles. The molecule has 1 heterocycles. The zero-order valence-corrected chi connectivity index (χ0v) is 6.52. The Balaban J connectivity index is 1.96. The lowest BCUT2D eigenvalue weighted by molar-refractivity contribution is -0.150. The first kappa shape index (κ1) is 6.62. The van der Waals surface area contributed by atoms with Gasteiger partial charge in [-0.25, -0.2) is 0 Å². The van der Waals surface area contributed by atoms with E-state index in [9.17, 15) is 0 Å². The molecule has 0 bridgehead atoms. The van der Waals surface area contributed by atoms with Crippen molar-refractivity contribution in [2.24, 2.45) is 0 Å². The van der Waals surface area contributed by atoms with E-state index in [0.717, 1.165) is 13.1 Å². The van der Waals surface area contributed by atoms with Gasteiger partial charge < -0.3 is 10.1 Å². The van der Waals surface area contributed by atoms with Crippen LogP contribution in [0.4, 0.5) is 0 Å². The van der Waals surface area contributed by atoms with Crippen LogP contribution >= 0.6 is 0 Å². The van der Waals surface area contributed by atoms with Crippen molar-refractivity contribution in [3.63, 3.8) is 0 Å². The van der Waals surface area contributed by atoms with Crippen LogP contribution < -0.4 is 5.32 Å². The predicted molar refractivity (Wildman–Crippen MR) is 40.0 cm³/mol. The molecule has 2 heteroatoms. The Morgan fingerprint density at radius 2 is 2.30 bits per heavy atom. The lowest BCUT2D eigenvalue weighted by Crippen LogP contribution is -2.56. The van der Waals surface area contributed by atoms with Gasteiger partial charge in [-0.05, 0) is 26.2 Å². The molecule has 0 aromatic rings. The van der Waals surface area contributed by atoms with E-state index in [4.69, 9.17) is 4.74 Å². The average Bonchev–Trinajstić information content (AvgIpc) is 1.85. The molecule has 1 saturated heterocycles. The summed E-state index contributed by atoms with van der Waals surface area (Å²) >= 11 is 0. The number of hydrogen-bond acceptors (Lipinski definition) is 2. The number of morpholine rings is 1. The minimum Gasteiger partial charge on any atom is -0.369 e. The molecular weight excluding hydrogens is 126 g/mol. The third-order valence-corrected chi connectivity index (χ3v) is 2.59. The Morgan fingerprint density at radius 1 is 1.50 bits per heavy atom. The molecule has 0 aromatic heterocycles. The summed E-state index contributed by atoms with van der Waals surface area (Å²) in [5.41, 5.74) is 0.262. The molecule has 1 aliphatic heterocycles. The van der Waals surface area contributed by atoms with E-state index < -0.39 is 0 Å². The van der Waals surface area contributed by atoms with Gasteiger partial charge in [0.15, 0.2) is 0 Å². The number of rotatable bonds is 0. The van der Waals surface area contributed by atoms with Crippen molar-refractivity contribution >= 4 is 0 Å². The molecule has 58 valence electrons. The molecular formula is C8H15NO. The van der Waals surface area contributed by atoms with Crippen molar-refractivity contribution in [1.82, 2.24) is 5.32 Å². The van der Waals surface area contributed by atoms with Crippen LogP contribution in [0.25, 0.3) is 0 Å². The standard InChI is InChI=1S/C8H15NO/c1-7-5-9-6-8(10-7)3-2-4-8/h7,9H,2-6H2,1H3/t7-/m0/s1. The van der Waals surface area contributed by atoms with Gasteiger partial charge in [0.05, 0.1) is 11.7 Å². The van der Waals surface area contributed by atoms with Crippen molar-refractivity contribution in [2.45, 2.75) is 37.9 Å². The molecule has 1 N–H and O–H groups in total. The van der Waals surface area contributed by atoms with Crippen molar-refractivity contribution in [1.29, 1.82) is 0 Å². The zero-order chi connectivity index (χ0) is 7.03. The van der Waals surface area contributed by atoms with Crippen LogP contribution in [-0.4, -0.2) is 24.8 Å². The van der Waals surface area contributed by atoms with Gasteiger partial charge in [-0.2, -0.15) is 0 Å². The summed E-state index contributed by atoms with van der Waals surface area (Å²) in [5.74, 6) is 0.